The Morgan fingerprint density at radius 1 is 1.58 bits per heavy atom. The van der Waals surface area contributed by atoms with E-state index in [0.29, 0.717) is 16.5 Å². The molecular weight excluding hydrogens is 190 g/mol. The lowest BCUT2D eigenvalue weighted by Gasteiger charge is -2.00. The maximum atomic E-state index is 5.80. The van der Waals surface area contributed by atoms with Crippen molar-refractivity contribution in [3.63, 3.8) is 0 Å². The quantitative estimate of drug-likeness (QED) is 0.448. The molecule has 0 aliphatic carbocycles. The third-order valence-electron chi connectivity index (χ3n) is 1.29. The Bertz CT molecular complexity index is 317. The predicted octanol–water partition coefficient (Wildman–Crippen LogP) is 2.65. The highest BCUT2D eigenvalue weighted by Gasteiger charge is 1.97. The van der Waals surface area contributed by atoms with Crippen molar-refractivity contribution in [1.29, 1.82) is 0 Å². The molecular formula is C9H8ClNS. The first-order valence-electron chi connectivity index (χ1n) is 3.35. The SMILES string of the molecule is C#CCSc1ccc(N)c(Cl)c1. The van der Waals surface area contributed by atoms with Gasteiger partial charge in [-0.05, 0) is 18.2 Å². The molecule has 1 nitrogen and oxygen atoms in total. The Morgan fingerprint density at radius 2 is 2.33 bits per heavy atom. The van der Waals surface area contributed by atoms with Crippen LogP contribution in [0.5, 0.6) is 0 Å². The molecule has 0 saturated heterocycles. The van der Waals surface area contributed by atoms with Crippen molar-refractivity contribution in [2.75, 3.05) is 11.5 Å². The van der Waals surface area contributed by atoms with E-state index in [1.54, 1.807) is 17.8 Å². The Balaban J connectivity index is 2.77. The van der Waals surface area contributed by atoms with E-state index < -0.39 is 0 Å². The van der Waals surface area contributed by atoms with Crippen LogP contribution in [0.2, 0.25) is 5.02 Å². The van der Waals surface area contributed by atoms with Crippen LogP contribution in [-0.4, -0.2) is 5.75 Å². The summed E-state index contributed by atoms with van der Waals surface area (Å²) in [5.74, 6) is 3.19. The number of benzene rings is 1. The zero-order valence-electron chi connectivity index (χ0n) is 6.38. The smallest absolute Gasteiger partial charge is 0.0646 e. The lowest BCUT2D eigenvalue weighted by molar-refractivity contribution is 1.46. The number of anilines is 1. The second kappa shape index (κ2) is 4.30. The average Bonchev–Trinajstić information content (AvgIpc) is 2.07. The van der Waals surface area contributed by atoms with Gasteiger partial charge in [-0.3, -0.25) is 0 Å². The maximum absolute atomic E-state index is 5.80. The molecule has 0 spiro atoms. The summed E-state index contributed by atoms with van der Waals surface area (Å²) in [6.45, 7) is 0. The van der Waals surface area contributed by atoms with Crippen molar-refractivity contribution in [3.05, 3.63) is 23.2 Å². The first-order valence-corrected chi connectivity index (χ1v) is 4.71. The minimum absolute atomic E-state index is 0.581. The Labute approximate surface area is 81.3 Å². The van der Waals surface area contributed by atoms with E-state index in [4.69, 9.17) is 23.8 Å². The molecule has 0 aliphatic rings. The summed E-state index contributed by atoms with van der Waals surface area (Å²) < 4.78 is 0. The third-order valence-corrected chi connectivity index (χ3v) is 2.52. The molecule has 1 rings (SSSR count). The van der Waals surface area contributed by atoms with Gasteiger partial charge in [0.1, 0.15) is 0 Å². The van der Waals surface area contributed by atoms with Gasteiger partial charge >= 0.3 is 0 Å². The predicted molar refractivity (Wildman–Crippen MR) is 55.4 cm³/mol. The molecule has 2 N–H and O–H groups in total. The molecule has 1 aromatic rings. The summed E-state index contributed by atoms with van der Waals surface area (Å²) in [5.41, 5.74) is 6.13. The molecule has 0 aliphatic heterocycles. The Hall–Kier alpha value is -0.780. The number of halogens is 1. The molecule has 0 fully saturated rings. The van der Waals surface area contributed by atoms with Gasteiger partial charge < -0.3 is 5.73 Å². The monoisotopic (exact) mass is 197 g/mol. The number of thioether (sulfide) groups is 1. The largest absolute Gasteiger partial charge is 0.398 e. The summed E-state index contributed by atoms with van der Waals surface area (Å²) in [6.07, 6.45) is 5.12. The highest BCUT2D eigenvalue weighted by atomic mass is 35.5. The number of terminal acetylenes is 1. The molecule has 0 aromatic heterocycles. The van der Waals surface area contributed by atoms with Gasteiger partial charge in [0.25, 0.3) is 0 Å². The van der Waals surface area contributed by atoms with Gasteiger partial charge in [-0.2, -0.15) is 0 Å². The summed E-state index contributed by atoms with van der Waals surface area (Å²) in [6, 6.07) is 5.50. The van der Waals surface area contributed by atoms with Crippen molar-refractivity contribution < 1.29 is 0 Å². The van der Waals surface area contributed by atoms with Crippen LogP contribution in [0.15, 0.2) is 23.1 Å². The fraction of sp³-hybridized carbons (Fsp3) is 0.111. The van der Waals surface area contributed by atoms with Crippen molar-refractivity contribution >= 4 is 29.1 Å². The highest BCUT2D eigenvalue weighted by molar-refractivity contribution is 7.99. The zero-order chi connectivity index (χ0) is 8.97. The number of hydrogen-bond acceptors (Lipinski definition) is 2. The standard InChI is InChI=1S/C9H8ClNS/c1-2-5-12-7-3-4-9(11)8(10)6-7/h1,3-4,6H,5,11H2. The van der Waals surface area contributed by atoms with Gasteiger partial charge in [0.2, 0.25) is 0 Å². The second-order valence-electron chi connectivity index (χ2n) is 2.18. The highest BCUT2D eigenvalue weighted by Crippen LogP contribution is 2.25. The molecule has 0 saturated carbocycles. The molecule has 0 amide bonds. The van der Waals surface area contributed by atoms with Crippen LogP contribution in [0.25, 0.3) is 0 Å². The molecule has 0 radical (unpaired) electrons. The lowest BCUT2D eigenvalue weighted by Crippen LogP contribution is -1.85. The summed E-state index contributed by atoms with van der Waals surface area (Å²) in [7, 11) is 0. The second-order valence-corrected chi connectivity index (χ2v) is 3.63. The van der Waals surface area contributed by atoms with Crippen LogP contribution in [-0.2, 0) is 0 Å². The third kappa shape index (κ3) is 2.37. The lowest BCUT2D eigenvalue weighted by atomic mass is 10.3. The van der Waals surface area contributed by atoms with Crippen LogP contribution < -0.4 is 5.73 Å². The van der Waals surface area contributed by atoms with Crippen LogP contribution in [0.1, 0.15) is 0 Å². The van der Waals surface area contributed by atoms with Crippen molar-refractivity contribution in [3.8, 4) is 12.3 Å². The summed E-state index contributed by atoms with van der Waals surface area (Å²) >= 11 is 7.37. The van der Waals surface area contributed by atoms with Gasteiger partial charge in [0, 0.05) is 4.90 Å². The Morgan fingerprint density at radius 3 is 2.92 bits per heavy atom. The molecule has 0 heterocycles. The molecule has 1 aromatic carbocycles. The topological polar surface area (TPSA) is 26.0 Å². The van der Waals surface area contributed by atoms with Crippen molar-refractivity contribution in [2.24, 2.45) is 0 Å². The number of hydrogen-bond donors (Lipinski definition) is 1. The number of nitrogens with two attached hydrogens (primary N) is 1. The van der Waals surface area contributed by atoms with Gasteiger partial charge in [0.15, 0.2) is 0 Å². The number of nitrogen functional groups attached to an aromatic ring is 1. The molecule has 62 valence electrons. The molecule has 12 heavy (non-hydrogen) atoms. The molecule has 0 bridgehead atoms. The van der Waals surface area contributed by atoms with Crippen molar-refractivity contribution in [2.45, 2.75) is 4.90 Å². The van der Waals surface area contributed by atoms with Crippen LogP contribution >= 0.6 is 23.4 Å². The van der Waals surface area contributed by atoms with E-state index in [-0.39, 0.29) is 0 Å². The fourth-order valence-corrected chi connectivity index (χ4v) is 1.58. The number of rotatable bonds is 2. The fourth-order valence-electron chi connectivity index (χ4n) is 0.723. The van der Waals surface area contributed by atoms with Gasteiger partial charge in [-0.25, -0.2) is 0 Å². The van der Waals surface area contributed by atoms with E-state index in [1.165, 1.54) is 0 Å². The van der Waals surface area contributed by atoms with Crippen LogP contribution in [0.4, 0.5) is 5.69 Å². The minimum atomic E-state index is 0.581. The van der Waals surface area contributed by atoms with E-state index in [0.717, 1.165) is 4.90 Å². The van der Waals surface area contributed by atoms with E-state index in [2.05, 4.69) is 5.92 Å². The van der Waals surface area contributed by atoms with Gasteiger partial charge in [-0.1, -0.05) is 17.5 Å². The van der Waals surface area contributed by atoms with E-state index in [9.17, 15) is 0 Å². The summed E-state index contributed by atoms with van der Waals surface area (Å²) in [5, 5.41) is 0.581. The van der Waals surface area contributed by atoms with Crippen LogP contribution in [0, 0.1) is 12.3 Å². The Kier molecular flexibility index (Phi) is 3.33. The van der Waals surface area contributed by atoms with E-state index in [1.807, 2.05) is 12.1 Å². The van der Waals surface area contributed by atoms with Gasteiger partial charge in [0.05, 0.1) is 16.5 Å². The van der Waals surface area contributed by atoms with Crippen LogP contribution in [0.3, 0.4) is 0 Å². The summed E-state index contributed by atoms with van der Waals surface area (Å²) in [4.78, 5) is 1.05. The first kappa shape index (κ1) is 9.31. The van der Waals surface area contributed by atoms with Crippen molar-refractivity contribution in [1.82, 2.24) is 0 Å². The molecule has 3 heteroatoms. The van der Waals surface area contributed by atoms with E-state index >= 15 is 0 Å². The molecule has 0 atom stereocenters. The van der Waals surface area contributed by atoms with Gasteiger partial charge in [-0.15, -0.1) is 18.2 Å². The molecule has 0 unspecified atom stereocenters. The average molecular weight is 198 g/mol. The minimum Gasteiger partial charge on any atom is -0.398 e. The zero-order valence-corrected chi connectivity index (χ0v) is 7.95. The normalized spacial score (nSPS) is 9.33. The maximum Gasteiger partial charge on any atom is 0.0646 e. The first-order chi connectivity index (χ1) is 5.74.